The second-order valence-electron chi connectivity index (χ2n) is 12.6. The first-order valence-corrected chi connectivity index (χ1v) is 15.8. The molecule has 10 heterocycles. The van der Waals surface area contributed by atoms with Crippen molar-refractivity contribution in [2.75, 3.05) is 0 Å². The molecule has 8 atom stereocenters. The summed E-state index contributed by atoms with van der Waals surface area (Å²) >= 11 is 0. The van der Waals surface area contributed by atoms with E-state index in [9.17, 15) is 0 Å². The molecule has 1 heteroatoms. The van der Waals surface area contributed by atoms with Gasteiger partial charge in [0.15, 0.2) is 0 Å². The van der Waals surface area contributed by atoms with Crippen LogP contribution in [0.1, 0.15) is 59.3 Å². The number of fused-ring (bicyclic) bond motifs is 10. The molecule has 10 aliphatic heterocycles. The van der Waals surface area contributed by atoms with Crippen molar-refractivity contribution < 1.29 is 6.51 Å². The molecule has 10 rings (SSSR count). The zero-order chi connectivity index (χ0) is 13.1. The molecule has 0 aliphatic carbocycles. The Morgan fingerprint density at radius 2 is 1.10 bits per heavy atom. The van der Waals surface area contributed by atoms with Gasteiger partial charge in [0.2, 0.25) is 0 Å². The van der Waals surface area contributed by atoms with Crippen molar-refractivity contribution in [1.29, 1.82) is 0 Å². The third-order valence-corrected chi connectivity index (χ3v) is 62.9. The molecule has 0 bridgehead atoms. The molecule has 0 aromatic carbocycles. The van der Waals surface area contributed by atoms with Gasteiger partial charge >= 0.3 is 112 Å². The second kappa shape index (κ2) is 0.817. The van der Waals surface area contributed by atoms with Gasteiger partial charge in [-0.15, -0.1) is 0 Å². The average Bonchev–Trinajstić information content (AvgIpc) is 3.37. The summed E-state index contributed by atoms with van der Waals surface area (Å²) in [6.07, 6.45) is 9.83. The average molecular weight is 312 g/mol. The van der Waals surface area contributed by atoms with Crippen LogP contribution in [0.25, 0.3) is 0 Å². The molecule has 0 N–H and O–H groups in total. The Morgan fingerprint density at radius 3 is 1.50 bits per heavy atom. The van der Waals surface area contributed by atoms with Crippen LogP contribution in [0.5, 0.6) is 0 Å². The van der Waals surface area contributed by atoms with Gasteiger partial charge in [-0.2, -0.15) is 0 Å². The fraction of sp³-hybridized carbons (Fsp3) is 1.00. The fourth-order valence-corrected chi connectivity index (χ4v) is 103. The monoisotopic (exact) mass is 312 g/mol. The van der Waals surface area contributed by atoms with Crippen molar-refractivity contribution in [2.45, 2.75) is 106 Å². The van der Waals surface area contributed by atoms with E-state index in [1.807, 2.05) is 0 Å². The summed E-state index contributed by atoms with van der Waals surface area (Å²) in [5, 5.41) is 0. The Labute approximate surface area is 112 Å². The van der Waals surface area contributed by atoms with Gasteiger partial charge < -0.3 is 0 Å². The summed E-state index contributed by atoms with van der Waals surface area (Å²) < 4.78 is 3.51. The Kier molecular flexibility index (Phi) is 0.367. The van der Waals surface area contributed by atoms with Crippen LogP contribution in [0.3, 0.4) is 0 Å². The maximum absolute atomic E-state index is 3.05. The van der Waals surface area contributed by atoms with E-state index in [1.165, 1.54) is 65.9 Å². The van der Waals surface area contributed by atoms with E-state index in [2.05, 4.69) is 20.8 Å². The van der Waals surface area contributed by atoms with E-state index in [-0.39, 0.29) is 0 Å². The molecular weight excluding hydrogens is 284 g/mol. The van der Waals surface area contributed by atoms with Crippen LogP contribution in [-0.2, 0) is 6.51 Å². The van der Waals surface area contributed by atoms with E-state index >= 15 is 0 Å². The summed E-state index contributed by atoms with van der Waals surface area (Å²) in [7, 11) is 0. The molecule has 0 aromatic rings. The molecule has 1 spiro atoms. The molecular formula is C19H28Fe. The van der Waals surface area contributed by atoms with Crippen molar-refractivity contribution in [2.24, 2.45) is 0 Å². The molecule has 8 unspecified atom stereocenters. The van der Waals surface area contributed by atoms with Crippen LogP contribution in [0, 0.1) is 0 Å². The molecule has 10 aliphatic rings. The van der Waals surface area contributed by atoms with Gasteiger partial charge in [0.25, 0.3) is 0 Å². The first-order chi connectivity index (χ1) is 9.50. The van der Waals surface area contributed by atoms with Crippen LogP contribution >= 0.6 is 0 Å². The predicted octanol–water partition coefficient (Wildman–Crippen LogP) is 6.89. The van der Waals surface area contributed by atoms with Gasteiger partial charge in [0.1, 0.15) is 0 Å². The van der Waals surface area contributed by atoms with E-state index in [4.69, 9.17) is 0 Å². The number of hydrogen-bond donors (Lipinski definition) is 0. The van der Waals surface area contributed by atoms with Crippen LogP contribution in [0.4, 0.5) is 0 Å². The third-order valence-electron chi connectivity index (χ3n) is 17.7. The van der Waals surface area contributed by atoms with Gasteiger partial charge in [-0.3, -0.25) is 0 Å². The van der Waals surface area contributed by atoms with Crippen LogP contribution < -0.4 is 0 Å². The molecule has 0 nitrogen and oxygen atoms in total. The zero-order valence-corrected chi connectivity index (χ0v) is 14.2. The van der Waals surface area contributed by atoms with Gasteiger partial charge in [0, 0.05) is 0 Å². The summed E-state index contributed by atoms with van der Waals surface area (Å²) in [4.78, 5) is 10.5. The van der Waals surface area contributed by atoms with E-state index in [0.717, 1.165) is 0 Å². The summed E-state index contributed by atoms with van der Waals surface area (Å²) in [6, 6.07) is 0. The zero-order valence-electron chi connectivity index (χ0n) is 13.1. The normalized spacial score (nSPS) is 111. The van der Waals surface area contributed by atoms with E-state index < -0.39 is 6.51 Å². The Morgan fingerprint density at radius 1 is 0.650 bits per heavy atom. The third kappa shape index (κ3) is 0.0899. The number of rotatable bonds is 6. The predicted molar refractivity (Wildman–Crippen MR) is 79.1 cm³/mol. The topological polar surface area (TPSA) is 0 Å². The Bertz CT molecular complexity index is 996. The van der Waals surface area contributed by atoms with Crippen molar-refractivity contribution in [3.8, 4) is 0 Å². The standard InChI is InChI=1S/C11H17.C8H11.Fe/c1-3-5-10-7-8-11(9-10)6-4-2;1-2-5-8-6-3-4-7-8;/h7-9H,3-6H2,1-2H3;3-4,6-7H,2,5H2,1H3;. The molecule has 10 fully saturated rings. The van der Waals surface area contributed by atoms with Gasteiger partial charge in [-0.05, 0) is 0 Å². The molecule has 0 radical (unpaired) electrons. The second-order valence-corrected chi connectivity index (χ2v) is 35.8. The van der Waals surface area contributed by atoms with Crippen molar-refractivity contribution in [3.05, 3.63) is 0 Å². The molecule has 10 saturated heterocycles. The van der Waals surface area contributed by atoms with E-state index in [0.29, 0.717) is 0 Å². The first kappa shape index (κ1) is 8.97. The summed E-state index contributed by atoms with van der Waals surface area (Å²) in [5.41, 5.74) is 0. The van der Waals surface area contributed by atoms with Crippen molar-refractivity contribution >= 4 is 0 Å². The van der Waals surface area contributed by atoms with E-state index in [1.54, 1.807) is 19.3 Å². The minimum absolute atomic E-state index is 1.17. The molecule has 0 aromatic heterocycles. The molecule has 112 valence electrons. The van der Waals surface area contributed by atoms with Gasteiger partial charge in [0.05, 0.1) is 0 Å². The molecule has 0 amide bonds. The Hall–Kier alpha value is 0.519. The van der Waals surface area contributed by atoms with Crippen LogP contribution in [0.2, 0.25) is 46.7 Å². The fourth-order valence-electron chi connectivity index (χ4n) is 21.5. The SMILES string of the molecule is CCC[C]12[CH]3[CH]4[CH]5[CH]1[Fe]45321678[CH]2[CH]1[C]6(CCC)[CH]7[C]28CCC. The van der Waals surface area contributed by atoms with Gasteiger partial charge in [-0.25, -0.2) is 0 Å². The van der Waals surface area contributed by atoms with Gasteiger partial charge in [-0.1, -0.05) is 0 Å². The Balaban J connectivity index is 1.51. The van der Waals surface area contributed by atoms with Crippen LogP contribution in [0.15, 0.2) is 0 Å². The van der Waals surface area contributed by atoms with Crippen LogP contribution in [-0.4, -0.2) is 0 Å². The molecule has 20 heavy (non-hydrogen) atoms. The van der Waals surface area contributed by atoms with Crippen molar-refractivity contribution in [3.63, 3.8) is 0 Å². The summed E-state index contributed by atoms with van der Waals surface area (Å²) in [6.45, 7) is 4.51. The quantitative estimate of drug-likeness (QED) is 0.469. The maximum atomic E-state index is 2.52. The van der Waals surface area contributed by atoms with Crippen molar-refractivity contribution in [1.82, 2.24) is 0 Å². The summed E-state index contributed by atoms with van der Waals surface area (Å²) in [5.74, 6) is 0. The minimum atomic E-state index is -3.05. The number of hydrogen-bond acceptors (Lipinski definition) is 0. The first-order valence-electron chi connectivity index (χ1n) is 9.71. The molecule has 0 saturated carbocycles.